The van der Waals surface area contributed by atoms with Crippen LogP contribution in [-0.4, -0.2) is 5.78 Å². The van der Waals surface area contributed by atoms with Crippen LogP contribution in [-0.2, 0) is 0 Å². The first-order valence-corrected chi connectivity index (χ1v) is 3.71. The molecule has 0 amide bonds. The highest BCUT2D eigenvalue weighted by Crippen LogP contribution is 2.23. The van der Waals surface area contributed by atoms with Gasteiger partial charge in [0.1, 0.15) is 0 Å². The van der Waals surface area contributed by atoms with E-state index >= 15 is 0 Å². The van der Waals surface area contributed by atoms with E-state index in [0.29, 0.717) is 12.1 Å². The zero-order valence-electron chi connectivity index (χ0n) is 7.15. The molecular formula is C9H6F4O. The van der Waals surface area contributed by atoms with Crippen molar-refractivity contribution in [3.63, 3.8) is 0 Å². The molecule has 0 heterocycles. The van der Waals surface area contributed by atoms with Gasteiger partial charge in [0.2, 0.25) is 0 Å². The van der Waals surface area contributed by atoms with Crippen molar-refractivity contribution in [2.24, 2.45) is 0 Å². The summed E-state index contributed by atoms with van der Waals surface area (Å²) in [5.74, 6) is -3.61. The fraction of sp³-hybridized carbons (Fsp3) is 0.222. The van der Waals surface area contributed by atoms with Gasteiger partial charge in [0.25, 0.3) is 6.43 Å². The summed E-state index contributed by atoms with van der Waals surface area (Å²) in [6, 6.07) is 1.04. The first kappa shape index (κ1) is 10.7. The van der Waals surface area contributed by atoms with E-state index in [9.17, 15) is 22.4 Å². The van der Waals surface area contributed by atoms with E-state index in [4.69, 9.17) is 0 Å². The van der Waals surface area contributed by atoms with Gasteiger partial charge in [0.05, 0.1) is 5.56 Å². The lowest BCUT2D eigenvalue weighted by Gasteiger charge is -2.04. The third kappa shape index (κ3) is 1.92. The number of hydrogen-bond acceptors (Lipinski definition) is 1. The molecule has 1 rings (SSSR count). The first-order valence-electron chi connectivity index (χ1n) is 3.71. The van der Waals surface area contributed by atoms with Crippen LogP contribution < -0.4 is 0 Å². The average Bonchev–Trinajstić information content (AvgIpc) is 2.08. The Morgan fingerprint density at radius 3 is 2.29 bits per heavy atom. The highest BCUT2D eigenvalue weighted by Gasteiger charge is 2.17. The molecule has 0 N–H and O–H groups in total. The molecule has 0 spiro atoms. The van der Waals surface area contributed by atoms with Crippen LogP contribution in [0.1, 0.15) is 29.3 Å². The van der Waals surface area contributed by atoms with Crippen molar-refractivity contribution in [2.75, 3.05) is 0 Å². The van der Waals surface area contributed by atoms with Crippen molar-refractivity contribution in [2.45, 2.75) is 13.3 Å². The standard InChI is InChI=1S/C9H6F4O/c1-4(14)6-2-5(9(12)13)3-7(10)8(6)11/h2-3,9H,1H3. The van der Waals surface area contributed by atoms with Crippen LogP contribution in [0.25, 0.3) is 0 Å². The maximum absolute atomic E-state index is 12.9. The molecular weight excluding hydrogens is 200 g/mol. The summed E-state index contributed by atoms with van der Waals surface area (Å²) in [6.45, 7) is 0.979. The quantitative estimate of drug-likeness (QED) is 0.536. The van der Waals surface area contributed by atoms with E-state index < -0.39 is 35.0 Å². The van der Waals surface area contributed by atoms with Crippen molar-refractivity contribution in [1.82, 2.24) is 0 Å². The highest BCUT2D eigenvalue weighted by molar-refractivity contribution is 5.94. The van der Waals surface area contributed by atoms with E-state index in [1.807, 2.05) is 0 Å². The summed E-state index contributed by atoms with van der Waals surface area (Å²) in [6.07, 6.45) is -2.93. The van der Waals surface area contributed by atoms with Crippen LogP contribution in [0, 0.1) is 11.6 Å². The number of rotatable bonds is 2. The molecule has 0 fully saturated rings. The normalized spacial score (nSPS) is 10.7. The molecule has 14 heavy (non-hydrogen) atoms. The van der Waals surface area contributed by atoms with Crippen molar-refractivity contribution in [3.05, 3.63) is 34.9 Å². The van der Waals surface area contributed by atoms with Crippen molar-refractivity contribution < 1.29 is 22.4 Å². The fourth-order valence-corrected chi connectivity index (χ4v) is 0.992. The Kier molecular flexibility index (Phi) is 2.88. The number of benzene rings is 1. The largest absolute Gasteiger partial charge is 0.294 e. The van der Waals surface area contributed by atoms with Gasteiger partial charge >= 0.3 is 0 Å². The molecule has 1 aromatic rings. The first-order chi connectivity index (χ1) is 6.43. The van der Waals surface area contributed by atoms with Crippen molar-refractivity contribution >= 4 is 5.78 Å². The maximum Gasteiger partial charge on any atom is 0.263 e. The summed E-state index contributed by atoms with van der Waals surface area (Å²) in [7, 11) is 0. The fourth-order valence-electron chi connectivity index (χ4n) is 0.992. The average molecular weight is 206 g/mol. The molecule has 1 nitrogen and oxygen atoms in total. The Morgan fingerprint density at radius 1 is 1.29 bits per heavy atom. The topological polar surface area (TPSA) is 17.1 Å². The van der Waals surface area contributed by atoms with Crippen LogP contribution >= 0.6 is 0 Å². The molecule has 76 valence electrons. The number of Topliss-reactive ketones (excluding diaryl/α,β-unsaturated/α-hetero) is 1. The molecule has 0 radical (unpaired) electrons. The zero-order chi connectivity index (χ0) is 10.9. The lowest BCUT2D eigenvalue weighted by atomic mass is 10.1. The van der Waals surface area contributed by atoms with Crippen molar-refractivity contribution in [1.29, 1.82) is 0 Å². The Balaban J connectivity index is 3.35. The van der Waals surface area contributed by atoms with E-state index in [0.717, 1.165) is 6.92 Å². The summed E-state index contributed by atoms with van der Waals surface area (Å²) in [5, 5.41) is 0. The predicted octanol–water partition coefficient (Wildman–Crippen LogP) is 3.11. The van der Waals surface area contributed by atoms with Crippen LogP contribution in [0.4, 0.5) is 17.6 Å². The second-order valence-corrected chi connectivity index (χ2v) is 2.72. The molecule has 1 aromatic carbocycles. The highest BCUT2D eigenvalue weighted by atomic mass is 19.3. The molecule has 0 aromatic heterocycles. The van der Waals surface area contributed by atoms with Gasteiger partial charge in [-0.1, -0.05) is 0 Å². The third-order valence-corrected chi connectivity index (χ3v) is 1.68. The Bertz CT molecular complexity index is 373. The summed E-state index contributed by atoms with van der Waals surface area (Å²) in [4.78, 5) is 10.7. The smallest absolute Gasteiger partial charge is 0.263 e. The van der Waals surface area contributed by atoms with Crippen LogP contribution in [0.3, 0.4) is 0 Å². The van der Waals surface area contributed by atoms with Crippen LogP contribution in [0.2, 0.25) is 0 Å². The Morgan fingerprint density at radius 2 is 1.86 bits per heavy atom. The SMILES string of the molecule is CC(=O)c1cc(C(F)F)cc(F)c1F. The minimum Gasteiger partial charge on any atom is -0.294 e. The number of alkyl halides is 2. The number of halogens is 4. The minimum atomic E-state index is -2.93. The molecule has 5 heteroatoms. The van der Waals surface area contributed by atoms with E-state index in [-0.39, 0.29) is 0 Å². The molecule has 0 saturated carbocycles. The molecule has 0 atom stereocenters. The van der Waals surface area contributed by atoms with E-state index in [2.05, 4.69) is 0 Å². The van der Waals surface area contributed by atoms with Gasteiger partial charge in [-0.15, -0.1) is 0 Å². The predicted molar refractivity (Wildman–Crippen MR) is 41.3 cm³/mol. The van der Waals surface area contributed by atoms with Gasteiger partial charge in [-0.25, -0.2) is 17.6 Å². The van der Waals surface area contributed by atoms with Gasteiger partial charge in [0, 0.05) is 5.56 Å². The van der Waals surface area contributed by atoms with Gasteiger partial charge < -0.3 is 0 Å². The van der Waals surface area contributed by atoms with Gasteiger partial charge in [-0.2, -0.15) is 0 Å². The second-order valence-electron chi connectivity index (χ2n) is 2.72. The number of hydrogen-bond donors (Lipinski definition) is 0. The number of ketones is 1. The maximum atomic E-state index is 12.9. The molecule has 0 bridgehead atoms. The minimum absolute atomic E-state index is 0.381. The number of carbonyl (C=O) groups is 1. The third-order valence-electron chi connectivity index (χ3n) is 1.68. The monoisotopic (exact) mass is 206 g/mol. The van der Waals surface area contributed by atoms with E-state index in [1.54, 1.807) is 0 Å². The number of carbonyl (C=O) groups excluding carboxylic acids is 1. The van der Waals surface area contributed by atoms with Crippen LogP contribution in [0.5, 0.6) is 0 Å². The Hall–Kier alpha value is -1.39. The van der Waals surface area contributed by atoms with Crippen molar-refractivity contribution in [3.8, 4) is 0 Å². The summed E-state index contributed by atoms with van der Waals surface area (Å²) in [5.41, 5.74) is -1.35. The lowest BCUT2D eigenvalue weighted by molar-refractivity contribution is 0.101. The van der Waals surface area contributed by atoms with Gasteiger partial charge in [-0.05, 0) is 19.1 Å². The molecule has 0 unspecified atom stereocenters. The Labute approximate surface area is 77.3 Å². The lowest BCUT2D eigenvalue weighted by Crippen LogP contribution is -2.02. The van der Waals surface area contributed by atoms with Gasteiger partial charge in [0.15, 0.2) is 17.4 Å². The molecule has 0 aliphatic heterocycles. The van der Waals surface area contributed by atoms with E-state index in [1.165, 1.54) is 0 Å². The molecule has 0 saturated heterocycles. The summed E-state index contributed by atoms with van der Waals surface area (Å²) < 4.78 is 49.8. The van der Waals surface area contributed by atoms with Crippen LogP contribution in [0.15, 0.2) is 12.1 Å². The molecule has 0 aliphatic rings. The molecule has 0 aliphatic carbocycles. The zero-order valence-corrected chi connectivity index (χ0v) is 7.15. The summed E-state index contributed by atoms with van der Waals surface area (Å²) >= 11 is 0. The van der Waals surface area contributed by atoms with Gasteiger partial charge in [-0.3, -0.25) is 4.79 Å². The second kappa shape index (κ2) is 3.77.